The molecule has 1 amide bonds. The molecule has 0 N–H and O–H groups in total. The van der Waals surface area contributed by atoms with Crippen molar-refractivity contribution in [1.29, 1.82) is 5.26 Å². The Bertz CT molecular complexity index is 1830. The molecule has 3 aromatic rings. The Morgan fingerprint density at radius 1 is 0.915 bits per heavy atom. The van der Waals surface area contributed by atoms with Gasteiger partial charge in [-0.15, -0.1) is 0 Å². The Balaban J connectivity index is 1.20. The van der Waals surface area contributed by atoms with Crippen LogP contribution in [0.4, 0.5) is 0 Å². The first-order valence-corrected chi connectivity index (χ1v) is 17.2. The van der Waals surface area contributed by atoms with E-state index in [-0.39, 0.29) is 48.8 Å². The van der Waals surface area contributed by atoms with E-state index in [1.54, 1.807) is 62.8 Å². The van der Waals surface area contributed by atoms with Crippen molar-refractivity contribution >= 4 is 27.7 Å². The molecule has 0 unspecified atom stereocenters. The molecule has 0 spiro atoms. The number of fused-ring (bicyclic) bond motifs is 1. The highest BCUT2D eigenvalue weighted by atomic mass is 32.2. The van der Waals surface area contributed by atoms with E-state index in [1.165, 1.54) is 0 Å². The maximum Gasteiger partial charge on any atom is 0.282 e. The maximum atomic E-state index is 14.8. The number of piperazine rings is 1. The van der Waals surface area contributed by atoms with Crippen molar-refractivity contribution in [1.82, 2.24) is 37.5 Å². The van der Waals surface area contributed by atoms with Crippen LogP contribution in [0.1, 0.15) is 33.7 Å². The van der Waals surface area contributed by atoms with Gasteiger partial charge in [-0.3, -0.25) is 19.5 Å². The van der Waals surface area contributed by atoms with Crippen molar-refractivity contribution in [2.45, 2.75) is 30.8 Å². The monoisotopic (exact) mass is 658 g/mol. The Morgan fingerprint density at radius 2 is 1.49 bits per heavy atom. The third-order valence-electron chi connectivity index (χ3n) is 10.2. The molecule has 2 aromatic heterocycles. The number of hydrogen-bond donors (Lipinski definition) is 0. The van der Waals surface area contributed by atoms with Gasteiger partial charge in [0.2, 0.25) is 0 Å². The molecule has 7 rings (SSSR count). The number of carbonyl (C=O) groups excluding carboxylic acids is 2. The molecule has 4 aliphatic rings. The molecule has 1 aliphatic carbocycles. The van der Waals surface area contributed by atoms with Gasteiger partial charge >= 0.3 is 0 Å². The fourth-order valence-corrected chi connectivity index (χ4v) is 8.98. The average Bonchev–Trinajstić information content (AvgIpc) is 3.52. The maximum absolute atomic E-state index is 14.8. The Morgan fingerprint density at radius 3 is 2.00 bits per heavy atom. The van der Waals surface area contributed by atoms with Crippen LogP contribution in [0.15, 0.2) is 54.3 Å². The van der Waals surface area contributed by atoms with Crippen molar-refractivity contribution in [3.63, 3.8) is 0 Å². The van der Waals surface area contributed by atoms with E-state index >= 15 is 0 Å². The zero-order valence-corrected chi connectivity index (χ0v) is 27.5. The molecule has 1 aromatic carbocycles. The lowest BCUT2D eigenvalue weighted by molar-refractivity contribution is -0.132. The molecule has 0 bridgehead atoms. The summed E-state index contributed by atoms with van der Waals surface area (Å²) >= 11 is 0. The van der Waals surface area contributed by atoms with E-state index in [2.05, 4.69) is 20.9 Å². The molecule has 2 saturated heterocycles. The van der Waals surface area contributed by atoms with E-state index in [4.69, 9.17) is 4.99 Å². The predicted molar refractivity (Wildman–Crippen MR) is 171 cm³/mol. The topological polar surface area (TPSA) is 153 Å². The van der Waals surface area contributed by atoms with Gasteiger partial charge in [0.25, 0.3) is 16.1 Å². The molecule has 2 atom stereocenters. The fourth-order valence-electron chi connectivity index (χ4n) is 7.31. The number of hydrogen-bond acceptors (Lipinski definition) is 9. The van der Waals surface area contributed by atoms with Crippen LogP contribution in [0.3, 0.4) is 0 Å². The predicted octanol–water partition coefficient (Wildman–Crippen LogP) is 0.485. The van der Waals surface area contributed by atoms with E-state index < -0.39 is 15.7 Å². The van der Waals surface area contributed by atoms with Crippen LogP contribution >= 0.6 is 0 Å². The van der Waals surface area contributed by atoms with E-state index in [0.29, 0.717) is 56.2 Å². The smallest absolute Gasteiger partial charge is 0.282 e. The normalized spacial score (nSPS) is 24.7. The molecule has 14 nitrogen and oxygen atoms in total. The lowest BCUT2D eigenvalue weighted by Gasteiger charge is -2.35. The zero-order chi connectivity index (χ0) is 33.1. The number of amides is 1. The first kappa shape index (κ1) is 31.4. The van der Waals surface area contributed by atoms with Gasteiger partial charge in [0.1, 0.15) is 5.84 Å². The van der Waals surface area contributed by atoms with E-state index in [1.807, 2.05) is 30.3 Å². The SMILES string of the molecule is CN1CCN(S(=O)(=O)N2C[C@@H]3C(N4C(=O)C(Cc5cncn5C)(Cc5cncn5C)N=C4CC(=O)c4ccc(C#N)cc4)[C@H]3C2)CC1. The summed E-state index contributed by atoms with van der Waals surface area (Å²) in [5.41, 5.74) is 1.28. The number of benzene rings is 1. The Kier molecular flexibility index (Phi) is 7.86. The second kappa shape index (κ2) is 11.8. The van der Waals surface area contributed by atoms with Gasteiger partial charge in [0.05, 0.1) is 30.7 Å². The number of aryl methyl sites for hydroxylation is 2. The van der Waals surface area contributed by atoms with Crippen molar-refractivity contribution in [3.05, 3.63) is 71.8 Å². The summed E-state index contributed by atoms with van der Waals surface area (Å²) in [5.74, 6) is -0.133. The van der Waals surface area contributed by atoms with Gasteiger partial charge in [0.15, 0.2) is 11.3 Å². The van der Waals surface area contributed by atoms with Crippen LogP contribution in [-0.2, 0) is 41.9 Å². The number of imidazole rings is 2. The highest BCUT2D eigenvalue weighted by molar-refractivity contribution is 7.86. The molecular weight excluding hydrogens is 620 g/mol. The number of nitriles is 1. The number of amidine groups is 1. The zero-order valence-electron chi connectivity index (χ0n) is 26.7. The molecule has 15 heteroatoms. The first-order valence-electron chi connectivity index (χ1n) is 15.8. The van der Waals surface area contributed by atoms with Gasteiger partial charge in [-0.05, 0) is 19.2 Å². The number of ketones is 1. The van der Waals surface area contributed by atoms with Crippen molar-refractivity contribution in [3.8, 4) is 6.07 Å². The minimum Gasteiger partial charge on any atom is -0.338 e. The summed E-state index contributed by atoms with van der Waals surface area (Å²) < 4.78 is 33.9. The van der Waals surface area contributed by atoms with Crippen LogP contribution in [0.25, 0.3) is 0 Å². The summed E-state index contributed by atoms with van der Waals surface area (Å²) in [6, 6.07) is 8.25. The lowest BCUT2D eigenvalue weighted by Crippen LogP contribution is -2.53. The average molecular weight is 659 g/mol. The molecule has 47 heavy (non-hydrogen) atoms. The van der Waals surface area contributed by atoms with Crippen LogP contribution in [0.2, 0.25) is 0 Å². The standard InChI is InChI=1S/C32H38N10O4S/c1-37-8-10-40(11-9-37)47(45,46)41-18-26-27(19-41)30(26)42-29(12-28(43)23-6-4-22(15-33)5-7-23)36-32(31(42)44,13-24-16-34-20-38(24)2)14-25-17-35-21-39(25)3/h4-7,16-17,20-21,26-27,30H,8-14,18-19H2,1-3H3/t26-,27-/m0/s1. The van der Waals surface area contributed by atoms with Gasteiger partial charge < -0.3 is 14.0 Å². The van der Waals surface area contributed by atoms with Crippen LogP contribution < -0.4 is 0 Å². The Labute approximate surface area is 274 Å². The number of nitrogens with zero attached hydrogens (tertiary/aromatic N) is 10. The van der Waals surface area contributed by atoms with Crippen molar-refractivity contribution in [2.24, 2.45) is 30.9 Å². The minimum absolute atomic E-state index is 0.0550. The van der Waals surface area contributed by atoms with Crippen molar-refractivity contribution < 1.29 is 18.0 Å². The molecule has 3 fully saturated rings. The highest BCUT2D eigenvalue weighted by Gasteiger charge is 2.65. The van der Waals surface area contributed by atoms with Gasteiger partial charge in [-0.25, -0.2) is 9.97 Å². The molecule has 1 saturated carbocycles. The summed E-state index contributed by atoms with van der Waals surface area (Å²) in [6.45, 7) is 2.93. The quantitative estimate of drug-likeness (QED) is 0.285. The summed E-state index contributed by atoms with van der Waals surface area (Å²) in [5, 5.41) is 9.21. The minimum atomic E-state index is -3.61. The van der Waals surface area contributed by atoms with Gasteiger partial charge in [0, 0.05) is 113 Å². The summed E-state index contributed by atoms with van der Waals surface area (Å²) in [7, 11) is 2.12. The van der Waals surface area contributed by atoms with Gasteiger partial charge in [-0.2, -0.15) is 22.3 Å². The molecule has 3 aliphatic heterocycles. The third kappa shape index (κ3) is 5.58. The number of Topliss-reactive ketones (excluding diaryl/α,β-unsaturated/α-hetero) is 1. The second-order valence-electron chi connectivity index (χ2n) is 13.2. The number of piperidine rings is 1. The highest BCUT2D eigenvalue weighted by Crippen LogP contribution is 2.52. The first-order chi connectivity index (χ1) is 22.5. The van der Waals surface area contributed by atoms with Crippen molar-refractivity contribution in [2.75, 3.05) is 46.3 Å². The lowest BCUT2D eigenvalue weighted by atomic mass is 9.88. The largest absolute Gasteiger partial charge is 0.338 e. The van der Waals surface area contributed by atoms with Crippen LogP contribution in [0, 0.1) is 23.2 Å². The Hall–Kier alpha value is -4.23. The summed E-state index contributed by atoms with van der Waals surface area (Å²) in [4.78, 5) is 46.0. The fraction of sp³-hybridized carbons (Fsp3) is 0.500. The molecule has 246 valence electrons. The molecular formula is C32H38N10O4S. The van der Waals surface area contributed by atoms with E-state index in [0.717, 1.165) is 11.4 Å². The molecule has 0 radical (unpaired) electrons. The third-order valence-corrected chi connectivity index (χ3v) is 12.2. The van der Waals surface area contributed by atoms with Crippen LogP contribution in [0.5, 0.6) is 0 Å². The van der Waals surface area contributed by atoms with Crippen LogP contribution in [-0.4, -0.2) is 121 Å². The number of aromatic nitrogens is 4. The van der Waals surface area contributed by atoms with E-state index in [9.17, 15) is 23.3 Å². The number of rotatable bonds is 10. The van der Waals surface area contributed by atoms with Gasteiger partial charge in [-0.1, -0.05) is 12.1 Å². The summed E-state index contributed by atoms with van der Waals surface area (Å²) in [6.07, 6.45) is 7.26. The molecule has 5 heterocycles. The second-order valence-corrected chi connectivity index (χ2v) is 15.1. The number of likely N-dealkylation sites (N-methyl/N-ethyl adjacent to an activating group) is 1. The number of carbonyl (C=O) groups is 2. The number of aliphatic imine (C=N–C) groups is 1.